The van der Waals surface area contributed by atoms with Gasteiger partial charge >= 0.3 is 6.18 Å². The first kappa shape index (κ1) is 20.7. The molecule has 1 aromatic heterocycles. The number of hydrogen-bond donors (Lipinski definition) is 2. The zero-order chi connectivity index (χ0) is 15.9. The molecular weight excluding hydrogens is 412 g/mol. The van der Waals surface area contributed by atoms with Crippen LogP contribution in [0.4, 0.5) is 13.2 Å². The first-order chi connectivity index (χ1) is 9.82. The summed E-state index contributed by atoms with van der Waals surface area (Å²) in [4.78, 5) is 7.62. The maximum atomic E-state index is 12.3. The van der Waals surface area contributed by atoms with Crippen molar-refractivity contribution in [3.8, 4) is 5.88 Å². The molecule has 0 spiro atoms. The van der Waals surface area contributed by atoms with Crippen molar-refractivity contribution in [3.05, 3.63) is 23.9 Å². The minimum atomic E-state index is -4.39. The normalized spacial score (nSPS) is 11.9. The fraction of sp³-hybridized carbons (Fsp3) is 0.538. The Morgan fingerprint density at radius 3 is 2.50 bits per heavy atom. The lowest BCUT2D eigenvalue weighted by Crippen LogP contribution is -2.42. The van der Waals surface area contributed by atoms with Crippen LogP contribution < -0.4 is 15.4 Å². The highest BCUT2D eigenvalue weighted by Gasteiger charge is 2.30. The van der Waals surface area contributed by atoms with Gasteiger partial charge in [-0.3, -0.25) is 4.99 Å². The van der Waals surface area contributed by atoms with E-state index in [1.54, 1.807) is 7.05 Å². The van der Waals surface area contributed by atoms with E-state index in [1.165, 1.54) is 6.07 Å². The molecule has 1 rings (SSSR count). The number of nitrogens with zero attached hydrogens (tertiary/aromatic N) is 2. The lowest BCUT2D eigenvalue weighted by atomic mass is 10.3. The van der Waals surface area contributed by atoms with Crippen LogP contribution in [0.15, 0.2) is 23.3 Å². The SMILES string of the molecule is CN=C(NCCOc1ccc(C(F)(F)F)cn1)NC(C)C.I. The Labute approximate surface area is 144 Å². The van der Waals surface area contributed by atoms with Crippen LogP contribution in [0, 0.1) is 0 Å². The van der Waals surface area contributed by atoms with Gasteiger partial charge in [0.15, 0.2) is 5.96 Å². The smallest absolute Gasteiger partial charge is 0.417 e. The minimum absolute atomic E-state index is 0. The van der Waals surface area contributed by atoms with Crippen LogP contribution in [-0.4, -0.2) is 37.2 Å². The van der Waals surface area contributed by atoms with E-state index in [1.807, 2.05) is 13.8 Å². The van der Waals surface area contributed by atoms with Crippen molar-refractivity contribution in [3.63, 3.8) is 0 Å². The second-order valence-electron chi connectivity index (χ2n) is 4.53. The molecule has 0 saturated carbocycles. The van der Waals surface area contributed by atoms with Crippen LogP contribution in [0.5, 0.6) is 5.88 Å². The molecule has 0 saturated heterocycles. The molecule has 0 aliphatic carbocycles. The summed E-state index contributed by atoms with van der Waals surface area (Å²) in [6.07, 6.45) is -3.63. The molecule has 2 N–H and O–H groups in total. The average Bonchev–Trinajstić information content (AvgIpc) is 2.41. The fourth-order valence-corrected chi connectivity index (χ4v) is 1.43. The predicted octanol–water partition coefficient (Wildman–Crippen LogP) is 2.67. The Morgan fingerprint density at radius 1 is 1.36 bits per heavy atom. The van der Waals surface area contributed by atoms with Crippen LogP contribution in [0.25, 0.3) is 0 Å². The van der Waals surface area contributed by atoms with Crippen molar-refractivity contribution in [2.45, 2.75) is 26.1 Å². The summed E-state index contributed by atoms with van der Waals surface area (Å²) in [5.74, 6) is 0.783. The molecular formula is C13H20F3IN4O. The van der Waals surface area contributed by atoms with Crippen LogP contribution in [0.2, 0.25) is 0 Å². The summed E-state index contributed by atoms with van der Waals surface area (Å²) in [6.45, 7) is 4.68. The lowest BCUT2D eigenvalue weighted by Gasteiger charge is -2.14. The van der Waals surface area contributed by atoms with Gasteiger partial charge in [-0.25, -0.2) is 4.98 Å². The van der Waals surface area contributed by atoms with E-state index in [2.05, 4.69) is 20.6 Å². The average molecular weight is 432 g/mol. The second-order valence-corrected chi connectivity index (χ2v) is 4.53. The molecule has 0 amide bonds. The molecule has 0 aliphatic rings. The minimum Gasteiger partial charge on any atom is -0.476 e. The van der Waals surface area contributed by atoms with Gasteiger partial charge in [0.05, 0.1) is 12.1 Å². The Hall–Kier alpha value is -1.26. The van der Waals surface area contributed by atoms with Gasteiger partial charge < -0.3 is 15.4 Å². The monoisotopic (exact) mass is 432 g/mol. The fourth-order valence-electron chi connectivity index (χ4n) is 1.43. The number of ether oxygens (including phenoxy) is 1. The molecule has 5 nitrogen and oxygen atoms in total. The summed E-state index contributed by atoms with van der Waals surface area (Å²) < 4.78 is 42.3. The number of aromatic nitrogens is 1. The van der Waals surface area contributed by atoms with E-state index in [4.69, 9.17) is 4.74 Å². The lowest BCUT2D eigenvalue weighted by molar-refractivity contribution is -0.137. The van der Waals surface area contributed by atoms with Gasteiger partial charge in [-0.2, -0.15) is 13.2 Å². The Morgan fingerprint density at radius 2 is 2.05 bits per heavy atom. The third kappa shape index (κ3) is 7.66. The van der Waals surface area contributed by atoms with Gasteiger partial charge in [-0.15, -0.1) is 24.0 Å². The summed E-state index contributed by atoms with van der Waals surface area (Å²) in [7, 11) is 1.65. The van der Waals surface area contributed by atoms with Crippen LogP contribution in [0.3, 0.4) is 0 Å². The van der Waals surface area contributed by atoms with E-state index in [0.29, 0.717) is 12.5 Å². The number of rotatable bonds is 5. The highest BCUT2D eigenvalue weighted by Crippen LogP contribution is 2.29. The van der Waals surface area contributed by atoms with Crippen molar-refractivity contribution in [1.82, 2.24) is 15.6 Å². The van der Waals surface area contributed by atoms with Gasteiger partial charge in [-0.1, -0.05) is 0 Å². The maximum Gasteiger partial charge on any atom is 0.417 e. The van der Waals surface area contributed by atoms with Crippen LogP contribution >= 0.6 is 24.0 Å². The summed E-state index contributed by atoms with van der Waals surface area (Å²) in [5.41, 5.74) is -0.797. The van der Waals surface area contributed by atoms with Gasteiger partial charge in [0.2, 0.25) is 5.88 Å². The van der Waals surface area contributed by atoms with E-state index < -0.39 is 11.7 Å². The van der Waals surface area contributed by atoms with Crippen molar-refractivity contribution in [1.29, 1.82) is 0 Å². The summed E-state index contributed by atoms with van der Waals surface area (Å²) in [5, 5.41) is 6.11. The first-order valence-electron chi connectivity index (χ1n) is 6.46. The van der Waals surface area contributed by atoms with E-state index in [-0.39, 0.29) is 42.5 Å². The number of alkyl halides is 3. The highest BCUT2D eigenvalue weighted by molar-refractivity contribution is 14.0. The molecule has 126 valence electrons. The number of hydrogen-bond acceptors (Lipinski definition) is 3. The van der Waals surface area contributed by atoms with Crippen LogP contribution in [-0.2, 0) is 6.18 Å². The number of halogens is 4. The van der Waals surface area contributed by atoms with E-state index >= 15 is 0 Å². The Kier molecular flexibility index (Phi) is 9.14. The zero-order valence-corrected chi connectivity index (χ0v) is 14.9. The van der Waals surface area contributed by atoms with Gasteiger partial charge in [0.25, 0.3) is 0 Å². The molecule has 0 fully saturated rings. The number of nitrogens with one attached hydrogen (secondary N) is 2. The molecule has 0 radical (unpaired) electrons. The van der Waals surface area contributed by atoms with Crippen molar-refractivity contribution in [2.24, 2.45) is 4.99 Å². The molecule has 0 aromatic carbocycles. The quantitative estimate of drug-likeness (QED) is 0.325. The number of aliphatic imine (C=N–C) groups is 1. The van der Waals surface area contributed by atoms with Gasteiger partial charge in [-0.05, 0) is 19.9 Å². The van der Waals surface area contributed by atoms with Crippen molar-refractivity contribution >= 4 is 29.9 Å². The second kappa shape index (κ2) is 9.70. The summed E-state index contributed by atoms with van der Waals surface area (Å²) >= 11 is 0. The predicted molar refractivity (Wildman–Crippen MR) is 89.8 cm³/mol. The summed E-state index contributed by atoms with van der Waals surface area (Å²) in [6, 6.07) is 2.38. The van der Waals surface area contributed by atoms with E-state index in [0.717, 1.165) is 12.3 Å². The first-order valence-corrected chi connectivity index (χ1v) is 6.46. The highest BCUT2D eigenvalue weighted by atomic mass is 127. The van der Waals surface area contributed by atoms with Crippen molar-refractivity contribution in [2.75, 3.05) is 20.2 Å². The zero-order valence-electron chi connectivity index (χ0n) is 12.6. The molecule has 9 heteroatoms. The standard InChI is InChI=1S/C13H19F3N4O.HI/c1-9(2)20-12(17-3)18-6-7-21-11-5-4-10(8-19-11)13(14,15)16;/h4-5,8-9H,6-7H2,1-3H3,(H2,17,18,20);1H. The molecule has 1 aromatic rings. The number of guanidine groups is 1. The van der Waals surface area contributed by atoms with E-state index in [9.17, 15) is 13.2 Å². The molecule has 0 unspecified atom stereocenters. The molecule has 0 bridgehead atoms. The van der Waals surface area contributed by atoms with Gasteiger partial charge in [0, 0.05) is 25.4 Å². The maximum absolute atomic E-state index is 12.3. The largest absolute Gasteiger partial charge is 0.476 e. The third-order valence-corrected chi connectivity index (χ3v) is 2.36. The van der Waals surface area contributed by atoms with Crippen LogP contribution in [0.1, 0.15) is 19.4 Å². The molecule has 22 heavy (non-hydrogen) atoms. The van der Waals surface area contributed by atoms with Gasteiger partial charge in [0.1, 0.15) is 6.61 Å². The molecule has 0 atom stereocenters. The molecule has 1 heterocycles. The van der Waals surface area contributed by atoms with Crippen molar-refractivity contribution < 1.29 is 17.9 Å². The number of pyridine rings is 1. The third-order valence-electron chi connectivity index (χ3n) is 2.36. The topological polar surface area (TPSA) is 58.5 Å². The molecule has 0 aliphatic heterocycles. The Bertz CT molecular complexity index is 463. The Balaban J connectivity index is 0.00000441.